The highest BCUT2D eigenvalue weighted by atomic mass is 35.5. The maximum atomic E-state index is 11.1. The molecule has 0 unspecified atom stereocenters. The number of alkyl halides is 1. The highest BCUT2D eigenvalue weighted by Crippen LogP contribution is 2.12. The second-order valence-electron chi connectivity index (χ2n) is 2.76. The van der Waals surface area contributed by atoms with Crippen LogP contribution >= 0.6 is 11.6 Å². The average molecular weight is 229 g/mol. The van der Waals surface area contributed by atoms with E-state index < -0.39 is 12.6 Å². The largest absolute Gasteiger partial charge is 0.482 e. The fourth-order valence-electron chi connectivity index (χ4n) is 0.959. The molecule has 1 rings (SSSR count). The molecule has 4 nitrogen and oxygen atoms in total. The normalized spacial score (nSPS) is 9.67. The molecule has 80 valence electrons. The number of carboxylic acids is 1. The summed E-state index contributed by atoms with van der Waals surface area (Å²) in [6.07, 6.45) is 0. The van der Waals surface area contributed by atoms with Gasteiger partial charge in [0.15, 0.2) is 12.4 Å². The van der Waals surface area contributed by atoms with Crippen LogP contribution in [0.2, 0.25) is 0 Å². The summed E-state index contributed by atoms with van der Waals surface area (Å²) >= 11 is 5.37. The fourth-order valence-corrected chi connectivity index (χ4v) is 1.11. The molecule has 0 fully saturated rings. The molecule has 0 aliphatic carbocycles. The topological polar surface area (TPSA) is 63.6 Å². The van der Waals surface area contributed by atoms with Crippen LogP contribution in [0.25, 0.3) is 0 Å². The molecular weight excluding hydrogens is 220 g/mol. The van der Waals surface area contributed by atoms with Crippen LogP contribution in [0, 0.1) is 0 Å². The maximum Gasteiger partial charge on any atom is 0.341 e. The van der Waals surface area contributed by atoms with Crippen LogP contribution in [0.5, 0.6) is 5.75 Å². The second-order valence-corrected chi connectivity index (χ2v) is 3.03. The van der Waals surface area contributed by atoms with Gasteiger partial charge in [0, 0.05) is 5.56 Å². The molecule has 0 atom stereocenters. The van der Waals surface area contributed by atoms with Gasteiger partial charge in [-0.1, -0.05) is 0 Å². The first kappa shape index (κ1) is 11.5. The van der Waals surface area contributed by atoms with Crippen molar-refractivity contribution in [3.63, 3.8) is 0 Å². The van der Waals surface area contributed by atoms with E-state index >= 15 is 0 Å². The molecule has 0 saturated heterocycles. The van der Waals surface area contributed by atoms with Gasteiger partial charge in [0.25, 0.3) is 0 Å². The Morgan fingerprint density at radius 1 is 1.27 bits per heavy atom. The van der Waals surface area contributed by atoms with Gasteiger partial charge in [-0.15, -0.1) is 11.6 Å². The summed E-state index contributed by atoms with van der Waals surface area (Å²) in [7, 11) is 0. The smallest absolute Gasteiger partial charge is 0.341 e. The van der Waals surface area contributed by atoms with E-state index in [2.05, 4.69) is 0 Å². The minimum absolute atomic E-state index is 0.0741. The predicted octanol–water partition coefficient (Wildman–Crippen LogP) is 1.57. The molecule has 1 N–H and O–H groups in total. The standard InChI is InChI=1S/C10H9ClO4/c11-5-9(12)7-1-3-8(4-2-7)15-6-10(13)14/h1-4H,5-6H2,(H,13,14). The van der Waals surface area contributed by atoms with Gasteiger partial charge < -0.3 is 9.84 Å². The number of Topliss-reactive ketones (excluding diaryl/α,β-unsaturated/α-hetero) is 1. The van der Waals surface area contributed by atoms with Crippen molar-refractivity contribution in [3.05, 3.63) is 29.8 Å². The van der Waals surface area contributed by atoms with Crippen molar-refractivity contribution in [1.29, 1.82) is 0 Å². The summed E-state index contributed by atoms with van der Waals surface area (Å²) in [6.45, 7) is -0.400. The van der Waals surface area contributed by atoms with Crippen LogP contribution in [0.3, 0.4) is 0 Å². The van der Waals surface area contributed by atoms with E-state index in [1.165, 1.54) is 12.1 Å². The van der Waals surface area contributed by atoms with Gasteiger partial charge in [0.05, 0.1) is 5.88 Å². The molecule has 1 aromatic carbocycles. The van der Waals surface area contributed by atoms with Gasteiger partial charge in [-0.25, -0.2) is 4.79 Å². The first-order chi connectivity index (χ1) is 7.13. The van der Waals surface area contributed by atoms with Gasteiger partial charge in [-0.05, 0) is 24.3 Å². The van der Waals surface area contributed by atoms with E-state index in [-0.39, 0.29) is 11.7 Å². The van der Waals surface area contributed by atoms with Gasteiger partial charge in [-0.3, -0.25) is 4.79 Å². The Hall–Kier alpha value is -1.55. The zero-order valence-corrected chi connectivity index (χ0v) is 8.53. The number of aliphatic carboxylic acids is 1. The minimum Gasteiger partial charge on any atom is -0.482 e. The van der Waals surface area contributed by atoms with Crippen molar-refractivity contribution in [2.45, 2.75) is 0 Å². The Morgan fingerprint density at radius 3 is 2.33 bits per heavy atom. The molecule has 0 aliphatic heterocycles. The van der Waals surface area contributed by atoms with Crippen molar-refractivity contribution in [2.75, 3.05) is 12.5 Å². The zero-order chi connectivity index (χ0) is 11.3. The number of hydrogen-bond acceptors (Lipinski definition) is 3. The summed E-state index contributed by atoms with van der Waals surface area (Å²) in [4.78, 5) is 21.3. The van der Waals surface area contributed by atoms with Gasteiger partial charge in [0.2, 0.25) is 0 Å². The molecule has 0 bridgehead atoms. The van der Waals surface area contributed by atoms with E-state index in [0.717, 1.165) is 0 Å². The second kappa shape index (κ2) is 5.36. The molecule has 0 radical (unpaired) electrons. The lowest BCUT2D eigenvalue weighted by Gasteiger charge is -2.03. The molecular formula is C10H9ClO4. The highest BCUT2D eigenvalue weighted by molar-refractivity contribution is 6.30. The summed E-state index contributed by atoms with van der Waals surface area (Å²) in [5, 5.41) is 8.36. The maximum absolute atomic E-state index is 11.1. The number of ether oxygens (including phenoxy) is 1. The molecule has 0 spiro atoms. The summed E-state index contributed by atoms with van der Waals surface area (Å²) in [5.41, 5.74) is 0.479. The van der Waals surface area contributed by atoms with E-state index in [1.54, 1.807) is 12.1 Å². The lowest BCUT2D eigenvalue weighted by molar-refractivity contribution is -0.139. The number of hydrogen-bond donors (Lipinski definition) is 1. The third-order valence-corrected chi connectivity index (χ3v) is 1.90. The molecule has 1 aromatic rings. The van der Waals surface area contributed by atoms with Crippen molar-refractivity contribution in [1.82, 2.24) is 0 Å². The molecule has 0 aliphatic rings. The Kier molecular flexibility index (Phi) is 4.12. The summed E-state index contributed by atoms with van der Waals surface area (Å²) in [6, 6.07) is 6.15. The SMILES string of the molecule is O=C(O)COc1ccc(C(=O)CCl)cc1. The third kappa shape index (κ3) is 3.59. The molecule has 15 heavy (non-hydrogen) atoms. The lowest BCUT2D eigenvalue weighted by atomic mass is 10.1. The predicted molar refractivity (Wildman–Crippen MR) is 54.6 cm³/mol. The Bertz CT molecular complexity index is 358. The molecule has 5 heteroatoms. The van der Waals surface area contributed by atoms with Gasteiger partial charge in [-0.2, -0.15) is 0 Å². The van der Waals surface area contributed by atoms with Crippen LogP contribution in [-0.4, -0.2) is 29.3 Å². The average Bonchev–Trinajstić information content (AvgIpc) is 2.26. The number of ketones is 1. The fraction of sp³-hybridized carbons (Fsp3) is 0.200. The number of carboxylic acid groups (broad SMARTS) is 1. The van der Waals surface area contributed by atoms with Crippen LogP contribution in [0.4, 0.5) is 0 Å². The lowest BCUT2D eigenvalue weighted by Crippen LogP contribution is -2.09. The van der Waals surface area contributed by atoms with Gasteiger partial charge >= 0.3 is 5.97 Å². The molecule has 0 aromatic heterocycles. The highest BCUT2D eigenvalue weighted by Gasteiger charge is 2.04. The van der Waals surface area contributed by atoms with Gasteiger partial charge in [0.1, 0.15) is 5.75 Å². The summed E-state index contributed by atoms with van der Waals surface area (Å²) < 4.78 is 4.89. The monoisotopic (exact) mass is 228 g/mol. The number of rotatable bonds is 5. The van der Waals surface area contributed by atoms with Crippen molar-refractivity contribution >= 4 is 23.4 Å². The molecule has 0 saturated carbocycles. The number of carbonyl (C=O) groups is 2. The molecule has 0 amide bonds. The van der Waals surface area contributed by atoms with Crippen LogP contribution in [-0.2, 0) is 4.79 Å². The minimum atomic E-state index is -1.05. The summed E-state index contributed by atoms with van der Waals surface area (Å²) in [5.74, 6) is -0.893. The Morgan fingerprint density at radius 2 is 1.87 bits per heavy atom. The van der Waals surface area contributed by atoms with Crippen molar-refractivity contribution in [3.8, 4) is 5.75 Å². The first-order valence-electron chi connectivity index (χ1n) is 4.17. The van der Waals surface area contributed by atoms with E-state index in [9.17, 15) is 9.59 Å². The van der Waals surface area contributed by atoms with Crippen LogP contribution in [0.15, 0.2) is 24.3 Å². The number of carbonyl (C=O) groups excluding carboxylic acids is 1. The first-order valence-corrected chi connectivity index (χ1v) is 4.70. The quantitative estimate of drug-likeness (QED) is 0.614. The van der Waals surface area contributed by atoms with Crippen LogP contribution < -0.4 is 4.74 Å². The van der Waals surface area contributed by atoms with E-state index in [0.29, 0.717) is 11.3 Å². The van der Waals surface area contributed by atoms with Crippen molar-refractivity contribution < 1.29 is 19.4 Å². The number of benzene rings is 1. The molecule has 0 heterocycles. The van der Waals surface area contributed by atoms with E-state index in [1.807, 2.05) is 0 Å². The third-order valence-electron chi connectivity index (χ3n) is 1.66. The van der Waals surface area contributed by atoms with E-state index in [4.69, 9.17) is 21.4 Å². The zero-order valence-electron chi connectivity index (χ0n) is 7.77. The Labute approximate surface area is 91.4 Å². The van der Waals surface area contributed by atoms with Crippen LogP contribution in [0.1, 0.15) is 10.4 Å². The number of halogens is 1. The Balaban J connectivity index is 2.64. The van der Waals surface area contributed by atoms with Crippen molar-refractivity contribution in [2.24, 2.45) is 0 Å².